The predicted octanol–water partition coefficient (Wildman–Crippen LogP) is 0.871. The molecule has 0 unspecified atom stereocenters. The lowest BCUT2D eigenvalue weighted by Gasteiger charge is -2.06. The molecule has 16 heavy (non-hydrogen) atoms. The molecule has 0 radical (unpaired) electrons. The van der Waals surface area contributed by atoms with Gasteiger partial charge in [0, 0.05) is 18.6 Å². The number of nitrogens with one attached hydrogen (secondary N) is 2. The van der Waals surface area contributed by atoms with Crippen LogP contribution in [0.15, 0.2) is 24.7 Å². The van der Waals surface area contributed by atoms with Crippen LogP contribution in [0, 0.1) is 11.3 Å². The molecule has 2 heterocycles. The fourth-order valence-electron chi connectivity index (χ4n) is 1.25. The number of aromatic amines is 1. The van der Waals surface area contributed by atoms with Crippen LogP contribution in [0.1, 0.15) is 11.4 Å². The highest BCUT2D eigenvalue weighted by molar-refractivity contribution is 5.62. The molecule has 0 aromatic carbocycles. The van der Waals surface area contributed by atoms with Gasteiger partial charge in [-0.3, -0.25) is 0 Å². The molecular weight excluding hydrogens is 204 g/mol. The van der Waals surface area contributed by atoms with Crippen molar-refractivity contribution >= 4 is 11.5 Å². The molecular formula is C10H10N6. The SMILES string of the molecule is N#Cc1cnc(NCc2ncc[nH]2)c(N)c1. The Labute approximate surface area is 92.1 Å². The van der Waals surface area contributed by atoms with Gasteiger partial charge in [0.25, 0.3) is 0 Å². The summed E-state index contributed by atoms with van der Waals surface area (Å²) in [6, 6.07) is 3.56. The summed E-state index contributed by atoms with van der Waals surface area (Å²) >= 11 is 0. The molecule has 6 nitrogen and oxygen atoms in total. The Hall–Kier alpha value is -2.55. The highest BCUT2D eigenvalue weighted by Crippen LogP contribution is 2.16. The number of pyridine rings is 1. The minimum atomic E-state index is 0.445. The van der Waals surface area contributed by atoms with Gasteiger partial charge >= 0.3 is 0 Å². The quantitative estimate of drug-likeness (QED) is 0.703. The fraction of sp³-hybridized carbons (Fsp3) is 0.100. The van der Waals surface area contributed by atoms with Crippen molar-refractivity contribution < 1.29 is 0 Å². The van der Waals surface area contributed by atoms with Crippen LogP contribution in [0.3, 0.4) is 0 Å². The number of nitrogens with zero attached hydrogens (tertiary/aromatic N) is 3. The Kier molecular flexibility index (Phi) is 2.69. The molecule has 2 rings (SSSR count). The molecule has 0 aliphatic rings. The Morgan fingerprint density at radius 1 is 1.50 bits per heavy atom. The lowest BCUT2D eigenvalue weighted by molar-refractivity contribution is 0.989. The van der Waals surface area contributed by atoms with Gasteiger partial charge in [0.1, 0.15) is 17.7 Å². The molecule has 0 fully saturated rings. The van der Waals surface area contributed by atoms with Crippen molar-refractivity contribution in [1.29, 1.82) is 5.26 Å². The van der Waals surface area contributed by atoms with Crippen molar-refractivity contribution in [3.63, 3.8) is 0 Å². The Balaban J connectivity index is 2.08. The van der Waals surface area contributed by atoms with Crippen LogP contribution in [0.5, 0.6) is 0 Å². The lowest BCUT2D eigenvalue weighted by Crippen LogP contribution is -2.05. The first kappa shape index (κ1) is 9.98. The molecule has 0 saturated heterocycles. The first-order chi connectivity index (χ1) is 7.79. The number of H-pyrrole nitrogens is 1. The molecule has 0 aliphatic heterocycles. The third kappa shape index (κ3) is 2.09. The van der Waals surface area contributed by atoms with E-state index in [9.17, 15) is 0 Å². The molecule has 2 aromatic heterocycles. The maximum Gasteiger partial charge on any atom is 0.149 e. The van der Waals surface area contributed by atoms with Gasteiger partial charge in [0.2, 0.25) is 0 Å². The van der Waals surface area contributed by atoms with Crippen molar-refractivity contribution in [3.8, 4) is 6.07 Å². The van der Waals surface area contributed by atoms with Crippen molar-refractivity contribution in [1.82, 2.24) is 15.0 Å². The summed E-state index contributed by atoms with van der Waals surface area (Å²) in [5, 5.41) is 11.7. The van der Waals surface area contributed by atoms with E-state index in [1.54, 1.807) is 18.5 Å². The van der Waals surface area contributed by atoms with Crippen LogP contribution in [0.2, 0.25) is 0 Å². The summed E-state index contributed by atoms with van der Waals surface area (Å²) in [5.41, 5.74) is 6.62. The second kappa shape index (κ2) is 4.31. The van der Waals surface area contributed by atoms with Gasteiger partial charge in [-0.2, -0.15) is 5.26 Å². The van der Waals surface area contributed by atoms with E-state index in [2.05, 4.69) is 20.3 Å². The minimum absolute atomic E-state index is 0.445. The van der Waals surface area contributed by atoms with E-state index in [-0.39, 0.29) is 0 Å². The molecule has 6 heteroatoms. The molecule has 0 bridgehead atoms. The maximum absolute atomic E-state index is 8.65. The van der Waals surface area contributed by atoms with E-state index in [1.807, 2.05) is 6.07 Å². The summed E-state index contributed by atoms with van der Waals surface area (Å²) in [7, 11) is 0. The van der Waals surface area contributed by atoms with E-state index in [4.69, 9.17) is 11.0 Å². The van der Waals surface area contributed by atoms with Crippen LogP contribution in [0.4, 0.5) is 11.5 Å². The second-order valence-electron chi connectivity index (χ2n) is 3.16. The number of nitrogen functional groups attached to an aromatic ring is 1. The molecule has 4 N–H and O–H groups in total. The number of hydrogen-bond donors (Lipinski definition) is 3. The minimum Gasteiger partial charge on any atom is -0.396 e. The van der Waals surface area contributed by atoms with Gasteiger partial charge in [-0.05, 0) is 6.07 Å². The Morgan fingerprint density at radius 2 is 2.38 bits per heavy atom. The molecule has 80 valence electrons. The molecule has 0 spiro atoms. The van der Waals surface area contributed by atoms with Crippen molar-refractivity contribution in [2.45, 2.75) is 6.54 Å². The van der Waals surface area contributed by atoms with E-state index < -0.39 is 0 Å². The first-order valence-corrected chi connectivity index (χ1v) is 4.67. The van der Waals surface area contributed by atoms with Crippen LogP contribution in [0.25, 0.3) is 0 Å². The van der Waals surface area contributed by atoms with Gasteiger partial charge in [0.05, 0.1) is 17.8 Å². The third-order valence-corrected chi connectivity index (χ3v) is 2.02. The standard InChI is InChI=1S/C10H10N6/c11-4-7-3-8(12)10(15-5-7)16-6-9-13-1-2-14-9/h1-3,5H,6,12H2,(H,13,14)(H,15,16). The lowest BCUT2D eigenvalue weighted by atomic mass is 10.3. The zero-order chi connectivity index (χ0) is 11.4. The number of aromatic nitrogens is 3. The maximum atomic E-state index is 8.65. The van der Waals surface area contributed by atoms with E-state index in [0.29, 0.717) is 23.6 Å². The largest absolute Gasteiger partial charge is 0.396 e. The summed E-state index contributed by atoms with van der Waals surface area (Å²) in [5.74, 6) is 1.35. The molecule has 2 aromatic rings. The smallest absolute Gasteiger partial charge is 0.149 e. The van der Waals surface area contributed by atoms with Crippen molar-refractivity contribution in [2.24, 2.45) is 0 Å². The zero-order valence-electron chi connectivity index (χ0n) is 8.44. The Morgan fingerprint density at radius 3 is 3.00 bits per heavy atom. The van der Waals surface area contributed by atoms with Crippen LogP contribution < -0.4 is 11.1 Å². The monoisotopic (exact) mass is 214 g/mol. The molecule has 0 amide bonds. The fourth-order valence-corrected chi connectivity index (χ4v) is 1.25. The summed E-state index contributed by atoms with van der Waals surface area (Å²) < 4.78 is 0. The summed E-state index contributed by atoms with van der Waals surface area (Å²) in [4.78, 5) is 11.1. The molecule has 0 saturated carbocycles. The van der Waals surface area contributed by atoms with E-state index >= 15 is 0 Å². The normalized spacial score (nSPS) is 9.69. The van der Waals surface area contributed by atoms with Crippen molar-refractivity contribution in [2.75, 3.05) is 11.1 Å². The van der Waals surface area contributed by atoms with Gasteiger partial charge in [-0.1, -0.05) is 0 Å². The number of anilines is 2. The highest BCUT2D eigenvalue weighted by atomic mass is 15.0. The Bertz CT molecular complexity index is 511. The zero-order valence-corrected chi connectivity index (χ0v) is 8.44. The van der Waals surface area contributed by atoms with Crippen LogP contribution >= 0.6 is 0 Å². The summed E-state index contributed by atoms with van der Waals surface area (Å²) in [6.07, 6.45) is 4.89. The van der Waals surface area contributed by atoms with Crippen molar-refractivity contribution in [3.05, 3.63) is 36.0 Å². The average molecular weight is 214 g/mol. The van der Waals surface area contributed by atoms with Crippen LogP contribution in [-0.4, -0.2) is 15.0 Å². The molecule has 0 aliphatic carbocycles. The number of nitriles is 1. The topological polar surface area (TPSA) is 103 Å². The third-order valence-electron chi connectivity index (χ3n) is 2.02. The van der Waals surface area contributed by atoms with Gasteiger partial charge < -0.3 is 16.0 Å². The van der Waals surface area contributed by atoms with Gasteiger partial charge in [-0.15, -0.1) is 0 Å². The van der Waals surface area contributed by atoms with E-state index in [1.165, 1.54) is 6.20 Å². The van der Waals surface area contributed by atoms with E-state index in [0.717, 1.165) is 5.82 Å². The number of imidazole rings is 1. The average Bonchev–Trinajstić information content (AvgIpc) is 2.80. The number of rotatable bonds is 3. The number of hydrogen-bond acceptors (Lipinski definition) is 5. The van der Waals surface area contributed by atoms with Gasteiger partial charge in [-0.25, -0.2) is 9.97 Å². The first-order valence-electron chi connectivity index (χ1n) is 4.67. The molecule has 0 atom stereocenters. The van der Waals surface area contributed by atoms with Crippen LogP contribution in [-0.2, 0) is 6.54 Å². The number of nitrogens with two attached hydrogens (primary N) is 1. The predicted molar refractivity (Wildman–Crippen MR) is 59.3 cm³/mol. The highest BCUT2D eigenvalue weighted by Gasteiger charge is 2.02. The van der Waals surface area contributed by atoms with Gasteiger partial charge in [0.15, 0.2) is 0 Å². The summed E-state index contributed by atoms with van der Waals surface area (Å²) in [6.45, 7) is 0.510. The second-order valence-corrected chi connectivity index (χ2v) is 3.16.